The number of nitrogens with one attached hydrogen (secondary N) is 2. The summed E-state index contributed by atoms with van der Waals surface area (Å²) >= 11 is 0. The summed E-state index contributed by atoms with van der Waals surface area (Å²) in [7, 11) is 1.78. The molecule has 0 heterocycles. The number of likely N-dealkylation sites (N-methyl/N-ethyl adjacent to an activating group) is 1. The molecule has 3 aromatic rings. The molecule has 0 aliphatic carbocycles. The van der Waals surface area contributed by atoms with E-state index in [1.165, 1.54) is 5.56 Å². The molecular weight excluding hydrogens is 374 g/mol. The number of amides is 2. The van der Waals surface area contributed by atoms with Gasteiger partial charge in [-0.1, -0.05) is 54.1 Å². The third-order valence-corrected chi connectivity index (χ3v) is 5.42. The van der Waals surface area contributed by atoms with Crippen molar-refractivity contribution in [1.29, 1.82) is 0 Å². The smallest absolute Gasteiger partial charge is 0.241 e. The summed E-state index contributed by atoms with van der Waals surface area (Å²) in [5.74, 6) is -0.290. The molecular formula is C25H29N3O2. The molecule has 30 heavy (non-hydrogen) atoms. The average Bonchev–Trinajstić information content (AvgIpc) is 2.70. The monoisotopic (exact) mass is 403 g/mol. The Labute approximate surface area is 178 Å². The lowest BCUT2D eigenvalue weighted by atomic mass is 10.1. The summed E-state index contributed by atoms with van der Waals surface area (Å²) in [6.45, 7) is 7.93. The van der Waals surface area contributed by atoms with Crippen LogP contribution in [-0.2, 0) is 9.59 Å². The third kappa shape index (κ3) is 4.86. The molecule has 5 heteroatoms. The van der Waals surface area contributed by atoms with Crippen LogP contribution >= 0.6 is 0 Å². The predicted molar refractivity (Wildman–Crippen MR) is 124 cm³/mol. The molecule has 0 aliphatic heterocycles. The van der Waals surface area contributed by atoms with Gasteiger partial charge in [0.25, 0.3) is 0 Å². The SMILES string of the molecule is Cc1cc(C)c(NC(=O)CN(C)C(C)C(=O)Nc2cccc3ccccc23)c(C)c1. The van der Waals surface area contributed by atoms with Gasteiger partial charge >= 0.3 is 0 Å². The molecule has 0 bridgehead atoms. The molecule has 1 atom stereocenters. The Morgan fingerprint density at radius 1 is 0.933 bits per heavy atom. The molecule has 0 spiro atoms. The maximum atomic E-state index is 12.8. The molecule has 3 rings (SSSR count). The summed E-state index contributed by atoms with van der Waals surface area (Å²) in [6, 6.07) is 17.4. The van der Waals surface area contributed by atoms with Crippen molar-refractivity contribution in [2.24, 2.45) is 0 Å². The molecule has 0 saturated heterocycles. The topological polar surface area (TPSA) is 61.4 Å². The van der Waals surface area contributed by atoms with Gasteiger partial charge in [-0.05, 0) is 57.3 Å². The summed E-state index contributed by atoms with van der Waals surface area (Å²) in [5.41, 5.74) is 4.84. The van der Waals surface area contributed by atoms with E-state index in [2.05, 4.69) is 10.6 Å². The third-order valence-electron chi connectivity index (χ3n) is 5.42. The number of hydrogen-bond donors (Lipinski definition) is 2. The van der Waals surface area contributed by atoms with Gasteiger partial charge in [-0.3, -0.25) is 14.5 Å². The first-order valence-corrected chi connectivity index (χ1v) is 10.1. The van der Waals surface area contributed by atoms with Crippen LogP contribution in [0, 0.1) is 20.8 Å². The molecule has 3 aromatic carbocycles. The zero-order valence-corrected chi connectivity index (χ0v) is 18.2. The van der Waals surface area contributed by atoms with Crippen molar-refractivity contribution in [3.05, 3.63) is 71.3 Å². The lowest BCUT2D eigenvalue weighted by molar-refractivity contribution is -0.122. The fraction of sp³-hybridized carbons (Fsp3) is 0.280. The highest BCUT2D eigenvalue weighted by molar-refractivity contribution is 6.04. The zero-order valence-electron chi connectivity index (χ0n) is 18.2. The first-order valence-electron chi connectivity index (χ1n) is 10.1. The Morgan fingerprint density at radius 2 is 1.57 bits per heavy atom. The van der Waals surface area contributed by atoms with Gasteiger partial charge in [0.15, 0.2) is 0 Å². The summed E-state index contributed by atoms with van der Waals surface area (Å²) in [5, 5.41) is 8.05. The Kier molecular flexibility index (Phi) is 6.53. The minimum absolute atomic E-state index is 0.122. The van der Waals surface area contributed by atoms with Crippen molar-refractivity contribution < 1.29 is 9.59 Å². The van der Waals surface area contributed by atoms with Crippen molar-refractivity contribution in [2.45, 2.75) is 33.7 Å². The first-order chi connectivity index (χ1) is 14.3. The van der Waals surface area contributed by atoms with Crippen molar-refractivity contribution in [3.8, 4) is 0 Å². The van der Waals surface area contributed by atoms with Crippen LogP contribution in [0.25, 0.3) is 10.8 Å². The van der Waals surface area contributed by atoms with E-state index in [1.807, 2.05) is 75.4 Å². The fourth-order valence-corrected chi connectivity index (χ4v) is 3.69. The fourth-order valence-electron chi connectivity index (χ4n) is 3.69. The highest BCUT2D eigenvalue weighted by Crippen LogP contribution is 2.24. The van der Waals surface area contributed by atoms with Crippen LogP contribution in [0.4, 0.5) is 11.4 Å². The Hall–Kier alpha value is -3.18. The maximum absolute atomic E-state index is 12.8. The average molecular weight is 404 g/mol. The van der Waals surface area contributed by atoms with Gasteiger partial charge in [-0.25, -0.2) is 0 Å². The van der Waals surface area contributed by atoms with Crippen molar-refractivity contribution >= 4 is 34.0 Å². The molecule has 0 saturated carbocycles. The van der Waals surface area contributed by atoms with Crippen LogP contribution in [0.1, 0.15) is 23.6 Å². The minimum Gasteiger partial charge on any atom is -0.324 e. The van der Waals surface area contributed by atoms with Crippen molar-refractivity contribution in [3.63, 3.8) is 0 Å². The summed E-state index contributed by atoms with van der Waals surface area (Å²) < 4.78 is 0. The number of hydrogen-bond acceptors (Lipinski definition) is 3. The lowest BCUT2D eigenvalue weighted by Gasteiger charge is -2.24. The number of anilines is 2. The van der Waals surface area contributed by atoms with Crippen LogP contribution < -0.4 is 10.6 Å². The van der Waals surface area contributed by atoms with Gasteiger partial charge in [0.05, 0.1) is 12.6 Å². The van der Waals surface area contributed by atoms with Gasteiger partial charge in [0.2, 0.25) is 11.8 Å². The first kappa shape index (κ1) is 21.5. The van der Waals surface area contributed by atoms with E-state index in [9.17, 15) is 9.59 Å². The van der Waals surface area contributed by atoms with Crippen LogP contribution in [0.3, 0.4) is 0 Å². The summed E-state index contributed by atoms with van der Waals surface area (Å²) in [6.07, 6.45) is 0. The van der Waals surface area contributed by atoms with E-state index in [-0.39, 0.29) is 18.4 Å². The standard InChI is InChI=1S/C25H29N3O2/c1-16-13-17(2)24(18(3)14-16)27-23(29)15-28(5)19(4)25(30)26-22-12-8-10-20-9-6-7-11-21(20)22/h6-14,19H,15H2,1-5H3,(H,26,30)(H,27,29). The normalized spacial score (nSPS) is 12.1. The van der Waals surface area contributed by atoms with E-state index in [1.54, 1.807) is 18.9 Å². The number of carbonyl (C=O) groups is 2. The van der Waals surface area contributed by atoms with Gasteiger partial charge < -0.3 is 10.6 Å². The van der Waals surface area contributed by atoms with Crippen molar-refractivity contribution in [2.75, 3.05) is 24.2 Å². The Morgan fingerprint density at radius 3 is 2.27 bits per heavy atom. The molecule has 5 nitrogen and oxygen atoms in total. The predicted octanol–water partition coefficient (Wildman–Crippen LogP) is 4.66. The molecule has 156 valence electrons. The lowest BCUT2D eigenvalue weighted by Crippen LogP contribution is -2.43. The molecule has 0 fully saturated rings. The summed E-state index contributed by atoms with van der Waals surface area (Å²) in [4.78, 5) is 27.1. The van der Waals surface area contributed by atoms with Crippen molar-refractivity contribution in [1.82, 2.24) is 4.90 Å². The Bertz CT molecular complexity index is 1060. The van der Waals surface area contributed by atoms with E-state index in [4.69, 9.17) is 0 Å². The van der Waals surface area contributed by atoms with E-state index >= 15 is 0 Å². The highest BCUT2D eigenvalue weighted by atomic mass is 16.2. The zero-order chi connectivity index (χ0) is 21.8. The van der Waals surface area contributed by atoms with Crippen LogP contribution in [0.15, 0.2) is 54.6 Å². The van der Waals surface area contributed by atoms with Gasteiger partial charge in [-0.2, -0.15) is 0 Å². The number of benzene rings is 3. The second-order valence-electron chi connectivity index (χ2n) is 7.93. The number of nitrogens with zero attached hydrogens (tertiary/aromatic N) is 1. The molecule has 0 aliphatic rings. The second kappa shape index (κ2) is 9.09. The van der Waals surface area contributed by atoms with Gasteiger partial charge in [0, 0.05) is 16.8 Å². The Balaban J connectivity index is 1.64. The van der Waals surface area contributed by atoms with E-state index < -0.39 is 6.04 Å². The molecule has 0 radical (unpaired) electrons. The number of carbonyl (C=O) groups excluding carboxylic acids is 2. The second-order valence-corrected chi connectivity index (χ2v) is 7.93. The van der Waals surface area contributed by atoms with E-state index in [0.717, 1.165) is 33.3 Å². The van der Waals surface area contributed by atoms with E-state index in [0.29, 0.717) is 0 Å². The highest BCUT2D eigenvalue weighted by Gasteiger charge is 2.21. The minimum atomic E-state index is -0.463. The maximum Gasteiger partial charge on any atom is 0.241 e. The molecule has 1 unspecified atom stereocenters. The van der Waals surface area contributed by atoms with Gasteiger partial charge in [-0.15, -0.1) is 0 Å². The number of aryl methyl sites for hydroxylation is 3. The van der Waals surface area contributed by atoms with Crippen LogP contribution in [0.5, 0.6) is 0 Å². The number of fused-ring (bicyclic) bond motifs is 1. The molecule has 2 amide bonds. The quantitative estimate of drug-likeness (QED) is 0.629. The largest absolute Gasteiger partial charge is 0.324 e. The molecule has 2 N–H and O–H groups in total. The molecule has 0 aromatic heterocycles. The van der Waals surface area contributed by atoms with Gasteiger partial charge in [0.1, 0.15) is 0 Å². The number of rotatable bonds is 6. The van der Waals surface area contributed by atoms with Crippen LogP contribution in [0.2, 0.25) is 0 Å². The van der Waals surface area contributed by atoms with Crippen LogP contribution in [-0.4, -0.2) is 36.3 Å².